The highest BCUT2D eigenvalue weighted by atomic mass is 16.2. The normalized spacial score (nSPS) is 16.9. The van der Waals surface area contributed by atoms with Crippen molar-refractivity contribution < 1.29 is 4.79 Å². The fourth-order valence-corrected chi connectivity index (χ4v) is 4.61. The van der Waals surface area contributed by atoms with Gasteiger partial charge in [-0.2, -0.15) is 5.10 Å². The van der Waals surface area contributed by atoms with Gasteiger partial charge in [-0.15, -0.1) is 0 Å². The van der Waals surface area contributed by atoms with E-state index in [0.717, 1.165) is 30.5 Å². The second-order valence-electron chi connectivity index (χ2n) is 8.13. The number of carbonyl (C=O) groups excluding carboxylic acids is 1. The molecule has 0 bridgehead atoms. The average molecular weight is 399 g/mol. The zero-order valence-electron chi connectivity index (χ0n) is 17.3. The molecule has 1 N–H and O–H groups in total. The summed E-state index contributed by atoms with van der Waals surface area (Å²) in [5, 5.41) is 5.39. The number of rotatable bonds is 3. The van der Waals surface area contributed by atoms with Gasteiger partial charge in [-0.3, -0.25) is 14.5 Å². The van der Waals surface area contributed by atoms with Crippen molar-refractivity contribution in [3.05, 3.63) is 71.9 Å². The quantitative estimate of drug-likeness (QED) is 0.559. The molecule has 4 aromatic rings. The summed E-state index contributed by atoms with van der Waals surface area (Å²) >= 11 is 0. The molecule has 0 aliphatic carbocycles. The Morgan fingerprint density at radius 3 is 2.73 bits per heavy atom. The van der Waals surface area contributed by atoms with Crippen LogP contribution >= 0.6 is 0 Å². The third kappa shape index (κ3) is 3.18. The Hall–Kier alpha value is -3.41. The number of nitrogens with zero attached hydrogens (tertiary/aromatic N) is 4. The molecule has 1 atom stereocenters. The maximum atomic E-state index is 13.1. The largest absolute Gasteiger partial charge is 0.358 e. The van der Waals surface area contributed by atoms with Crippen LogP contribution in [0.15, 0.2) is 55.0 Å². The minimum atomic E-state index is 0.0529. The Kier molecular flexibility index (Phi) is 4.62. The minimum absolute atomic E-state index is 0.0529. The number of aromatic nitrogens is 4. The number of pyridine rings is 1. The number of hydrogen-bond acceptors (Lipinski definition) is 3. The molecular weight excluding hydrogens is 374 g/mol. The molecule has 3 aromatic heterocycles. The van der Waals surface area contributed by atoms with Gasteiger partial charge in [0.15, 0.2) is 0 Å². The van der Waals surface area contributed by atoms with Gasteiger partial charge in [-0.05, 0) is 55.7 Å². The molecule has 6 heteroatoms. The Balaban J connectivity index is 1.56. The summed E-state index contributed by atoms with van der Waals surface area (Å²) in [7, 11) is 1.82. The molecule has 1 aromatic carbocycles. The van der Waals surface area contributed by atoms with Crippen LogP contribution in [0.1, 0.15) is 40.5 Å². The van der Waals surface area contributed by atoms with Gasteiger partial charge in [0.2, 0.25) is 0 Å². The molecular formula is C24H25N5O. The van der Waals surface area contributed by atoms with E-state index in [0.29, 0.717) is 12.2 Å². The van der Waals surface area contributed by atoms with E-state index in [1.165, 1.54) is 22.2 Å². The summed E-state index contributed by atoms with van der Waals surface area (Å²) in [5.41, 5.74) is 6.61. The zero-order chi connectivity index (χ0) is 20.7. The second kappa shape index (κ2) is 7.44. The van der Waals surface area contributed by atoms with Crippen LogP contribution in [0.4, 0.5) is 0 Å². The van der Waals surface area contributed by atoms with Crippen LogP contribution in [0, 0.1) is 6.92 Å². The molecule has 1 amide bonds. The van der Waals surface area contributed by atoms with E-state index >= 15 is 0 Å². The molecule has 0 saturated carbocycles. The average Bonchev–Trinajstić information content (AvgIpc) is 3.37. The lowest BCUT2D eigenvalue weighted by Gasteiger charge is -2.33. The Labute approximate surface area is 175 Å². The summed E-state index contributed by atoms with van der Waals surface area (Å²) in [6.45, 7) is 3.61. The number of nitrogens with one attached hydrogen (secondary N) is 1. The SMILES string of the molecule is Cc1ccc2[nH]c([C@H]3CCCN(C(=O)c4ccnn4C)C3)c(-c3ccncc3)c2c1. The molecule has 0 radical (unpaired) electrons. The molecule has 1 aliphatic heterocycles. The first-order valence-corrected chi connectivity index (χ1v) is 10.4. The highest BCUT2D eigenvalue weighted by Gasteiger charge is 2.30. The Morgan fingerprint density at radius 2 is 1.97 bits per heavy atom. The molecule has 0 unspecified atom stereocenters. The first-order chi connectivity index (χ1) is 14.6. The number of benzene rings is 1. The van der Waals surface area contributed by atoms with Crippen LogP contribution in [0.3, 0.4) is 0 Å². The van der Waals surface area contributed by atoms with Crippen LogP contribution in [0.2, 0.25) is 0 Å². The number of piperidine rings is 1. The molecule has 0 spiro atoms. The topological polar surface area (TPSA) is 66.8 Å². The lowest BCUT2D eigenvalue weighted by molar-refractivity contribution is 0.0695. The maximum absolute atomic E-state index is 13.1. The van der Waals surface area contributed by atoms with Gasteiger partial charge in [0.05, 0.1) is 0 Å². The monoisotopic (exact) mass is 399 g/mol. The summed E-state index contributed by atoms with van der Waals surface area (Å²) in [4.78, 5) is 22.9. The standard InChI is InChI=1S/C24H25N5O/c1-16-5-6-20-19(14-16)22(17-7-10-25-11-8-17)23(27-20)18-4-3-13-29(15-18)24(30)21-9-12-26-28(21)2/h5-12,14,18,27H,3-4,13,15H2,1-2H3/t18-/m0/s1. The van der Waals surface area contributed by atoms with Gasteiger partial charge in [-0.25, -0.2) is 0 Å². The highest BCUT2D eigenvalue weighted by molar-refractivity contribution is 5.98. The number of fused-ring (bicyclic) bond motifs is 1. The number of H-pyrrole nitrogens is 1. The summed E-state index contributed by atoms with van der Waals surface area (Å²) < 4.78 is 1.65. The van der Waals surface area contributed by atoms with Gasteiger partial charge in [0, 0.05) is 66.8 Å². The van der Waals surface area contributed by atoms with Crippen molar-refractivity contribution in [2.24, 2.45) is 7.05 Å². The first kappa shape index (κ1) is 18.6. The predicted octanol–water partition coefficient (Wildman–Crippen LogP) is 4.29. The predicted molar refractivity (Wildman–Crippen MR) is 117 cm³/mol. The maximum Gasteiger partial charge on any atom is 0.272 e. The van der Waals surface area contributed by atoms with E-state index in [1.54, 1.807) is 16.9 Å². The fraction of sp³-hybridized carbons (Fsp3) is 0.292. The van der Waals surface area contributed by atoms with Crippen molar-refractivity contribution in [1.29, 1.82) is 0 Å². The number of hydrogen-bond donors (Lipinski definition) is 1. The van der Waals surface area contributed by atoms with E-state index < -0.39 is 0 Å². The lowest BCUT2D eigenvalue weighted by atomic mass is 9.89. The molecule has 30 heavy (non-hydrogen) atoms. The summed E-state index contributed by atoms with van der Waals surface area (Å²) in [6, 6.07) is 12.5. The molecule has 152 valence electrons. The van der Waals surface area contributed by atoms with Crippen LogP contribution in [-0.2, 0) is 7.05 Å². The number of aryl methyl sites for hydroxylation is 2. The van der Waals surface area contributed by atoms with E-state index in [9.17, 15) is 4.79 Å². The zero-order valence-corrected chi connectivity index (χ0v) is 17.3. The number of carbonyl (C=O) groups is 1. The number of likely N-dealkylation sites (tertiary alicyclic amines) is 1. The van der Waals surface area contributed by atoms with Gasteiger partial charge in [-0.1, -0.05) is 11.6 Å². The minimum Gasteiger partial charge on any atom is -0.358 e. The Bertz CT molecular complexity index is 1210. The van der Waals surface area contributed by atoms with Crippen molar-refractivity contribution in [3.8, 4) is 11.1 Å². The van der Waals surface area contributed by atoms with E-state index in [-0.39, 0.29) is 11.8 Å². The van der Waals surface area contributed by atoms with Gasteiger partial charge in [0.1, 0.15) is 5.69 Å². The van der Waals surface area contributed by atoms with Crippen LogP contribution in [0.5, 0.6) is 0 Å². The van der Waals surface area contributed by atoms with Crippen molar-refractivity contribution in [1.82, 2.24) is 24.6 Å². The van der Waals surface area contributed by atoms with Gasteiger partial charge in [0.25, 0.3) is 5.91 Å². The van der Waals surface area contributed by atoms with Crippen LogP contribution in [-0.4, -0.2) is 43.6 Å². The Morgan fingerprint density at radius 1 is 1.13 bits per heavy atom. The molecule has 5 rings (SSSR count). The molecule has 1 aliphatic rings. The van der Waals surface area contributed by atoms with Crippen LogP contribution < -0.4 is 0 Å². The molecule has 1 fully saturated rings. The molecule has 1 saturated heterocycles. The third-order valence-electron chi connectivity index (χ3n) is 6.11. The summed E-state index contributed by atoms with van der Waals surface area (Å²) in [5.74, 6) is 0.309. The second-order valence-corrected chi connectivity index (χ2v) is 8.13. The smallest absolute Gasteiger partial charge is 0.272 e. The van der Waals surface area contributed by atoms with E-state index in [4.69, 9.17) is 0 Å². The van der Waals surface area contributed by atoms with Crippen molar-refractivity contribution in [2.75, 3.05) is 13.1 Å². The third-order valence-corrected chi connectivity index (χ3v) is 6.11. The van der Waals surface area contributed by atoms with E-state index in [1.807, 2.05) is 24.3 Å². The highest BCUT2D eigenvalue weighted by Crippen LogP contribution is 2.39. The van der Waals surface area contributed by atoms with Crippen molar-refractivity contribution in [2.45, 2.75) is 25.7 Å². The molecule has 6 nitrogen and oxygen atoms in total. The van der Waals surface area contributed by atoms with Gasteiger partial charge < -0.3 is 9.88 Å². The lowest BCUT2D eigenvalue weighted by Crippen LogP contribution is -2.40. The first-order valence-electron chi connectivity index (χ1n) is 10.4. The van der Waals surface area contributed by atoms with E-state index in [2.05, 4.69) is 52.3 Å². The van der Waals surface area contributed by atoms with Gasteiger partial charge >= 0.3 is 0 Å². The van der Waals surface area contributed by atoms with Crippen LogP contribution in [0.25, 0.3) is 22.0 Å². The molecule has 4 heterocycles. The fourth-order valence-electron chi connectivity index (χ4n) is 4.61. The summed E-state index contributed by atoms with van der Waals surface area (Å²) in [6.07, 6.45) is 7.40. The number of amides is 1. The van der Waals surface area contributed by atoms with Crippen molar-refractivity contribution in [3.63, 3.8) is 0 Å². The van der Waals surface area contributed by atoms with Crippen molar-refractivity contribution >= 4 is 16.8 Å². The number of aromatic amines is 1.